The van der Waals surface area contributed by atoms with Crippen LogP contribution in [-0.2, 0) is 30.3 Å². The molecule has 3 amide bonds. The van der Waals surface area contributed by atoms with Gasteiger partial charge in [0.1, 0.15) is 6.04 Å². The van der Waals surface area contributed by atoms with E-state index in [0.717, 1.165) is 16.9 Å². The first-order valence-electron chi connectivity index (χ1n) is 11.3. The quantitative estimate of drug-likeness (QED) is 0.345. The Morgan fingerprint density at radius 2 is 1.66 bits per heavy atom. The number of nitrogens with one attached hydrogen (secondary N) is 1. The number of anilines is 1. The normalized spacial score (nSPS) is 25.0. The second-order valence-corrected chi connectivity index (χ2v) is 9.88. The van der Waals surface area contributed by atoms with Gasteiger partial charge in [-0.05, 0) is 42.0 Å². The molecule has 0 radical (unpaired) electrons. The molecule has 2 aliphatic carbocycles. The lowest BCUT2D eigenvalue weighted by Crippen LogP contribution is -2.48. The lowest BCUT2D eigenvalue weighted by atomic mass is 9.85. The average Bonchev–Trinajstić information content (AvgIpc) is 3.53. The molecule has 5 rings (SSSR count). The largest absolute Gasteiger partial charge is 0.454 e. The maximum atomic E-state index is 13.3. The minimum atomic E-state index is -1.16. The van der Waals surface area contributed by atoms with Crippen molar-refractivity contribution in [2.24, 2.45) is 23.7 Å². The number of likely N-dealkylation sites (tertiary alicyclic amines) is 1. The summed E-state index contributed by atoms with van der Waals surface area (Å²) in [5.74, 6) is -2.95. The van der Waals surface area contributed by atoms with Gasteiger partial charge in [0.15, 0.2) is 6.61 Å². The molecule has 1 saturated heterocycles. The van der Waals surface area contributed by atoms with Crippen molar-refractivity contribution in [3.8, 4) is 0 Å². The number of amides is 3. The van der Waals surface area contributed by atoms with Crippen LogP contribution in [0.3, 0.4) is 0 Å². The highest BCUT2D eigenvalue weighted by Gasteiger charge is 2.61. The Hall–Kier alpha value is -3.16. The van der Waals surface area contributed by atoms with Gasteiger partial charge >= 0.3 is 5.97 Å². The minimum Gasteiger partial charge on any atom is -0.454 e. The molecule has 5 atom stereocenters. The van der Waals surface area contributed by atoms with Crippen molar-refractivity contribution in [1.29, 1.82) is 0 Å². The number of esters is 1. The van der Waals surface area contributed by atoms with Crippen molar-refractivity contribution >= 4 is 52.6 Å². The summed E-state index contributed by atoms with van der Waals surface area (Å²) in [6.45, 7) is -0.608. The number of fused-ring (bicyclic) bond motifs is 5. The van der Waals surface area contributed by atoms with Gasteiger partial charge in [-0.15, -0.1) is 0 Å². The molecule has 35 heavy (non-hydrogen) atoms. The molecule has 180 valence electrons. The molecule has 7 nitrogen and oxygen atoms in total. The Bertz CT molecular complexity index is 1200. The smallest absolute Gasteiger partial charge is 0.330 e. The number of benzene rings is 2. The molecule has 3 aliphatic rings. The van der Waals surface area contributed by atoms with Crippen LogP contribution in [0.5, 0.6) is 0 Å². The summed E-state index contributed by atoms with van der Waals surface area (Å²) in [5, 5.41) is 3.20. The molecular formula is C26H22Cl2N2O5. The van der Waals surface area contributed by atoms with E-state index in [-0.39, 0.29) is 40.8 Å². The molecule has 1 heterocycles. The summed E-state index contributed by atoms with van der Waals surface area (Å²) in [7, 11) is 0. The van der Waals surface area contributed by atoms with Crippen LogP contribution < -0.4 is 5.32 Å². The first kappa shape index (κ1) is 23.6. The molecule has 0 aromatic heterocycles. The molecule has 2 bridgehead atoms. The number of imide groups is 1. The van der Waals surface area contributed by atoms with Crippen LogP contribution in [0, 0.1) is 23.7 Å². The van der Waals surface area contributed by atoms with Crippen LogP contribution in [-0.4, -0.2) is 41.2 Å². The predicted molar refractivity (Wildman–Crippen MR) is 130 cm³/mol. The summed E-state index contributed by atoms with van der Waals surface area (Å²) in [6.07, 6.45) is 4.88. The van der Waals surface area contributed by atoms with E-state index in [0.29, 0.717) is 5.02 Å². The number of hydrogen-bond acceptors (Lipinski definition) is 5. The monoisotopic (exact) mass is 512 g/mol. The number of hydrogen-bond donors (Lipinski definition) is 1. The first-order chi connectivity index (χ1) is 16.8. The van der Waals surface area contributed by atoms with Crippen molar-refractivity contribution in [3.63, 3.8) is 0 Å². The summed E-state index contributed by atoms with van der Waals surface area (Å²) >= 11 is 12.0. The van der Waals surface area contributed by atoms with Crippen molar-refractivity contribution in [3.05, 3.63) is 76.3 Å². The Balaban J connectivity index is 1.32. The van der Waals surface area contributed by atoms with Crippen LogP contribution in [0.25, 0.3) is 0 Å². The van der Waals surface area contributed by atoms with Gasteiger partial charge in [0.2, 0.25) is 11.8 Å². The highest BCUT2D eigenvalue weighted by Crippen LogP contribution is 2.53. The molecule has 0 unspecified atom stereocenters. The van der Waals surface area contributed by atoms with Gasteiger partial charge in [-0.1, -0.05) is 65.7 Å². The van der Waals surface area contributed by atoms with Crippen molar-refractivity contribution in [2.45, 2.75) is 18.9 Å². The zero-order chi connectivity index (χ0) is 24.7. The minimum absolute atomic E-state index is 0.0214. The van der Waals surface area contributed by atoms with Crippen molar-refractivity contribution in [1.82, 2.24) is 4.90 Å². The average molecular weight is 513 g/mol. The van der Waals surface area contributed by atoms with Crippen LogP contribution in [0.15, 0.2) is 60.7 Å². The zero-order valence-electron chi connectivity index (χ0n) is 18.5. The van der Waals surface area contributed by atoms with Gasteiger partial charge in [0.25, 0.3) is 5.91 Å². The highest BCUT2D eigenvalue weighted by atomic mass is 35.5. The van der Waals surface area contributed by atoms with Crippen LogP contribution >= 0.6 is 23.2 Å². The molecule has 1 N–H and O–H groups in total. The van der Waals surface area contributed by atoms with E-state index in [1.165, 1.54) is 12.1 Å². The number of ether oxygens (including phenoxy) is 1. The number of nitrogens with zero attached hydrogens (tertiary/aromatic N) is 1. The summed E-state index contributed by atoms with van der Waals surface area (Å²) in [5.41, 5.74) is 1.05. The predicted octanol–water partition coefficient (Wildman–Crippen LogP) is 3.89. The molecule has 1 aliphatic heterocycles. The Labute approximate surface area is 212 Å². The fourth-order valence-corrected chi connectivity index (χ4v) is 5.70. The van der Waals surface area contributed by atoms with Gasteiger partial charge in [0.05, 0.1) is 22.5 Å². The van der Waals surface area contributed by atoms with E-state index in [1.807, 2.05) is 42.5 Å². The van der Waals surface area contributed by atoms with Crippen LogP contribution in [0.4, 0.5) is 5.69 Å². The van der Waals surface area contributed by atoms with Gasteiger partial charge < -0.3 is 10.1 Å². The number of allylic oxidation sites excluding steroid dienone is 2. The maximum Gasteiger partial charge on any atom is 0.330 e. The Morgan fingerprint density at radius 1 is 1.00 bits per heavy atom. The second kappa shape index (κ2) is 9.47. The van der Waals surface area contributed by atoms with Gasteiger partial charge in [-0.3, -0.25) is 19.3 Å². The van der Waals surface area contributed by atoms with E-state index < -0.39 is 36.4 Å². The van der Waals surface area contributed by atoms with Gasteiger partial charge in [0, 0.05) is 11.4 Å². The fourth-order valence-electron chi connectivity index (χ4n) is 5.36. The molecule has 0 spiro atoms. The number of carbonyl (C=O) groups is 4. The topological polar surface area (TPSA) is 92.8 Å². The van der Waals surface area contributed by atoms with Crippen molar-refractivity contribution in [2.75, 3.05) is 11.9 Å². The summed E-state index contributed by atoms with van der Waals surface area (Å²) < 4.78 is 5.29. The number of rotatable bonds is 7. The van der Waals surface area contributed by atoms with E-state index in [1.54, 1.807) is 6.07 Å². The molecule has 2 aromatic carbocycles. The van der Waals surface area contributed by atoms with Crippen LogP contribution in [0.2, 0.25) is 10.0 Å². The van der Waals surface area contributed by atoms with Gasteiger partial charge in [-0.25, -0.2) is 4.79 Å². The fraction of sp³-hybridized carbons (Fsp3) is 0.308. The highest BCUT2D eigenvalue weighted by molar-refractivity contribution is 6.35. The first-order valence-corrected chi connectivity index (χ1v) is 12.1. The standard InChI is InChI=1S/C26H22Cl2N2O5/c27-17-8-9-18(28)19(12-17)29-21(31)13-35-26(34)20(10-14-4-2-1-3-5-14)30-24(32)22-15-6-7-16(11-15)23(22)25(30)33/h1-9,12,15-16,20,22-23H,10-11,13H2,(H,29,31)/t15-,16-,20-,22-,23+/m0/s1. The lowest BCUT2D eigenvalue weighted by molar-refractivity contribution is -0.160. The maximum absolute atomic E-state index is 13.3. The van der Waals surface area contributed by atoms with Crippen LogP contribution in [0.1, 0.15) is 12.0 Å². The summed E-state index contributed by atoms with van der Waals surface area (Å²) in [6, 6.07) is 12.5. The third kappa shape index (κ3) is 4.46. The SMILES string of the molecule is O=C(COC(=O)[C@H](Cc1ccccc1)N1C(=O)[C@@H]2[C@H](C1=O)[C@H]1C=C[C@H]2C1)Nc1cc(Cl)ccc1Cl. The summed E-state index contributed by atoms with van der Waals surface area (Å²) in [4.78, 5) is 53.3. The third-order valence-electron chi connectivity index (χ3n) is 6.91. The molecular weight excluding hydrogens is 491 g/mol. The Morgan fingerprint density at radius 3 is 2.31 bits per heavy atom. The molecule has 1 saturated carbocycles. The van der Waals surface area contributed by atoms with E-state index in [9.17, 15) is 19.2 Å². The zero-order valence-corrected chi connectivity index (χ0v) is 20.0. The van der Waals surface area contributed by atoms with E-state index in [2.05, 4.69) is 5.32 Å². The molecule has 2 fully saturated rings. The molecule has 2 aromatic rings. The van der Waals surface area contributed by atoms with E-state index >= 15 is 0 Å². The van der Waals surface area contributed by atoms with Crippen molar-refractivity contribution < 1.29 is 23.9 Å². The third-order valence-corrected chi connectivity index (χ3v) is 7.47. The lowest BCUT2D eigenvalue weighted by Gasteiger charge is -2.26. The second-order valence-electron chi connectivity index (χ2n) is 9.03. The Kier molecular flexibility index (Phi) is 6.38. The number of carbonyl (C=O) groups excluding carboxylic acids is 4. The molecule has 9 heteroatoms. The number of halogens is 2. The van der Waals surface area contributed by atoms with Gasteiger partial charge in [-0.2, -0.15) is 0 Å². The van der Waals surface area contributed by atoms with E-state index in [4.69, 9.17) is 27.9 Å².